The molecule has 0 aromatic heterocycles. The Bertz CT molecular complexity index is 584. The van der Waals surface area contributed by atoms with Crippen molar-refractivity contribution in [1.82, 2.24) is 4.47 Å². The number of rotatable bonds is 2. The first-order valence-electron chi connectivity index (χ1n) is 5.72. The molecule has 1 heterocycles. The average molecular weight is 266 g/mol. The smallest absolute Gasteiger partial charge is 0.265 e. The lowest BCUT2D eigenvalue weighted by molar-refractivity contribution is -0.108. The molecule has 0 saturated carbocycles. The van der Waals surface area contributed by atoms with Crippen LogP contribution in [0.25, 0.3) is 0 Å². The highest BCUT2D eigenvalue weighted by Crippen LogP contribution is 2.23. The maximum atomic E-state index is 12.3. The highest BCUT2D eigenvalue weighted by Gasteiger charge is 2.28. The van der Waals surface area contributed by atoms with Crippen molar-refractivity contribution in [3.63, 3.8) is 0 Å². The van der Waals surface area contributed by atoms with Crippen molar-refractivity contribution in [3.05, 3.63) is 29.3 Å². The Morgan fingerprint density at radius 2 is 2.17 bits per heavy atom. The molecule has 0 unspecified atom stereocenters. The second kappa shape index (κ2) is 5.06. The first-order chi connectivity index (χ1) is 8.55. The van der Waals surface area contributed by atoms with Crippen molar-refractivity contribution in [2.75, 3.05) is 13.2 Å². The fraction of sp³-hybridized carbons (Fsp3) is 0.417. The molecule has 0 amide bonds. The summed E-state index contributed by atoms with van der Waals surface area (Å²) >= 11 is 0. The number of sulfonamides is 1. The van der Waals surface area contributed by atoms with Gasteiger partial charge in [-0.25, -0.2) is 8.42 Å². The van der Waals surface area contributed by atoms with Crippen molar-refractivity contribution in [3.8, 4) is 6.07 Å². The number of nitriles is 1. The van der Waals surface area contributed by atoms with Crippen LogP contribution in [0.15, 0.2) is 23.1 Å². The molecule has 1 aliphatic heterocycles. The summed E-state index contributed by atoms with van der Waals surface area (Å²) < 4.78 is 25.7. The van der Waals surface area contributed by atoms with E-state index in [9.17, 15) is 8.42 Å². The van der Waals surface area contributed by atoms with E-state index in [4.69, 9.17) is 10.1 Å². The van der Waals surface area contributed by atoms with Crippen molar-refractivity contribution in [1.29, 1.82) is 5.26 Å². The third-order valence-electron chi connectivity index (χ3n) is 2.82. The number of aryl methyl sites for hydroxylation is 1. The van der Waals surface area contributed by atoms with E-state index in [1.165, 1.54) is 12.1 Å². The Labute approximate surface area is 107 Å². The van der Waals surface area contributed by atoms with Gasteiger partial charge in [-0.2, -0.15) is 5.26 Å². The molecule has 18 heavy (non-hydrogen) atoms. The summed E-state index contributed by atoms with van der Waals surface area (Å²) in [6, 6.07) is 6.52. The molecule has 0 N–H and O–H groups in total. The van der Waals surface area contributed by atoms with Gasteiger partial charge >= 0.3 is 0 Å². The first-order valence-corrected chi connectivity index (χ1v) is 7.16. The summed E-state index contributed by atoms with van der Waals surface area (Å²) in [5.74, 6) is 0. The normalized spacial score (nSPS) is 17.3. The third kappa shape index (κ3) is 2.38. The lowest BCUT2D eigenvalue weighted by Gasteiger charge is -2.25. The van der Waals surface area contributed by atoms with E-state index in [2.05, 4.69) is 0 Å². The molecule has 1 aromatic carbocycles. The van der Waals surface area contributed by atoms with Gasteiger partial charge < -0.3 is 0 Å². The van der Waals surface area contributed by atoms with E-state index in [0.717, 1.165) is 17.3 Å². The largest absolute Gasteiger partial charge is 0.284 e. The van der Waals surface area contributed by atoms with Crippen molar-refractivity contribution < 1.29 is 13.3 Å². The Balaban J connectivity index is 2.38. The minimum absolute atomic E-state index is 0.198. The zero-order valence-corrected chi connectivity index (χ0v) is 10.9. The number of nitrogens with zero attached hydrogens (tertiary/aromatic N) is 2. The quantitative estimate of drug-likeness (QED) is 0.815. The lowest BCUT2D eigenvalue weighted by Crippen LogP contribution is -2.36. The predicted octanol–water partition coefficient (Wildman–Crippen LogP) is 1.58. The summed E-state index contributed by atoms with van der Waals surface area (Å²) in [6.45, 7) is 2.48. The van der Waals surface area contributed by atoms with E-state index in [1.54, 1.807) is 13.0 Å². The standard InChI is InChI=1S/C12H14N2O3S/c1-10-8-11(9-13)4-5-12(10)18(15,16)14-6-2-3-7-17-14/h4-5,8H,2-3,6-7H2,1H3. The van der Waals surface area contributed by atoms with E-state index in [0.29, 0.717) is 24.3 Å². The number of hydroxylamine groups is 1. The molecule has 1 fully saturated rings. The molecule has 0 radical (unpaired) electrons. The fourth-order valence-electron chi connectivity index (χ4n) is 1.88. The minimum Gasteiger partial charge on any atom is -0.284 e. The van der Waals surface area contributed by atoms with Crippen LogP contribution in [0.3, 0.4) is 0 Å². The number of benzene rings is 1. The van der Waals surface area contributed by atoms with Gasteiger partial charge in [0.2, 0.25) is 0 Å². The summed E-state index contributed by atoms with van der Waals surface area (Å²) in [4.78, 5) is 5.39. The zero-order chi connectivity index (χ0) is 13.2. The van der Waals surface area contributed by atoms with Crippen LogP contribution in [0.4, 0.5) is 0 Å². The van der Waals surface area contributed by atoms with Crippen molar-refractivity contribution >= 4 is 10.0 Å². The average Bonchev–Trinajstić information content (AvgIpc) is 2.39. The summed E-state index contributed by atoms with van der Waals surface area (Å²) in [7, 11) is -3.62. The molecule has 0 atom stereocenters. The summed E-state index contributed by atoms with van der Waals surface area (Å²) in [6.07, 6.45) is 1.67. The molecule has 0 spiro atoms. The Hall–Kier alpha value is -1.42. The SMILES string of the molecule is Cc1cc(C#N)ccc1S(=O)(=O)N1CCCCO1. The zero-order valence-electron chi connectivity index (χ0n) is 10.1. The molecule has 96 valence electrons. The third-order valence-corrected chi connectivity index (χ3v) is 4.66. The molecule has 6 heteroatoms. The van der Waals surface area contributed by atoms with Crippen LogP contribution in [0.5, 0.6) is 0 Å². The van der Waals surface area contributed by atoms with Gasteiger partial charge in [0.15, 0.2) is 0 Å². The van der Waals surface area contributed by atoms with Gasteiger partial charge in [-0.05, 0) is 43.5 Å². The van der Waals surface area contributed by atoms with Gasteiger partial charge in [-0.3, -0.25) is 4.84 Å². The van der Waals surface area contributed by atoms with Gasteiger partial charge in [-0.15, -0.1) is 0 Å². The topological polar surface area (TPSA) is 70.4 Å². The van der Waals surface area contributed by atoms with Crippen LogP contribution in [0.2, 0.25) is 0 Å². The Kier molecular flexibility index (Phi) is 3.66. The molecule has 5 nitrogen and oxygen atoms in total. The monoisotopic (exact) mass is 266 g/mol. The molecule has 1 saturated heterocycles. The highest BCUT2D eigenvalue weighted by atomic mass is 32.2. The first kappa shape index (κ1) is 13.0. The van der Waals surface area contributed by atoms with E-state index < -0.39 is 10.0 Å². The summed E-state index contributed by atoms with van der Waals surface area (Å²) in [5.41, 5.74) is 1.01. The second-order valence-electron chi connectivity index (χ2n) is 4.16. The van der Waals surface area contributed by atoms with Gasteiger partial charge in [-0.1, -0.05) is 4.47 Å². The van der Waals surface area contributed by atoms with Crippen molar-refractivity contribution in [2.24, 2.45) is 0 Å². The van der Waals surface area contributed by atoms with E-state index in [-0.39, 0.29) is 4.90 Å². The van der Waals surface area contributed by atoms with Crippen LogP contribution < -0.4 is 0 Å². The van der Waals surface area contributed by atoms with Crippen LogP contribution >= 0.6 is 0 Å². The molecule has 1 aliphatic rings. The van der Waals surface area contributed by atoms with Crippen LogP contribution in [-0.2, 0) is 14.9 Å². The number of hydrogen-bond acceptors (Lipinski definition) is 4. The molecule has 1 aromatic rings. The van der Waals surface area contributed by atoms with Gasteiger partial charge in [0.05, 0.1) is 23.1 Å². The van der Waals surface area contributed by atoms with Crippen LogP contribution in [-0.4, -0.2) is 26.0 Å². The fourth-order valence-corrected chi connectivity index (χ4v) is 3.39. The molecular formula is C12H14N2O3S. The van der Waals surface area contributed by atoms with Gasteiger partial charge in [0, 0.05) is 6.54 Å². The lowest BCUT2D eigenvalue weighted by atomic mass is 10.2. The molecule has 0 aliphatic carbocycles. The maximum Gasteiger partial charge on any atom is 0.265 e. The highest BCUT2D eigenvalue weighted by molar-refractivity contribution is 7.89. The Morgan fingerprint density at radius 1 is 1.39 bits per heavy atom. The number of hydrogen-bond donors (Lipinski definition) is 0. The predicted molar refractivity (Wildman–Crippen MR) is 65.0 cm³/mol. The van der Waals surface area contributed by atoms with Gasteiger partial charge in [0.25, 0.3) is 10.0 Å². The second-order valence-corrected chi connectivity index (χ2v) is 5.96. The van der Waals surface area contributed by atoms with Crippen molar-refractivity contribution in [2.45, 2.75) is 24.7 Å². The summed E-state index contributed by atoms with van der Waals surface area (Å²) in [5, 5.41) is 8.77. The van der Waals surface area contributed by atoms with Crippen LogP contribution in [0, 0.1) is 18.3 Å². The van der Waals surface area contributed by atoms with E-state index in [1.807, 2.05) is 6.07 Å². The van der Waals surface area contributed by atoms with E-state index >= 15 is 0 Å². The molecular weight excluding hydrogens is 252 g/mol. The molecule has 0 bridgehead atoms. The van der Waals surface area contributed by atoms with Crippen LogP contribution in [0.1, 0.15) is 24.0 Å². The molecule has 2 rings (SSSR count). The van der Waals surface area contributed by atoms with Gasteiger partial charge in [0.1, 0.15) is 0 Å². The Morgan fingerprint density at radius 3 is 2.72 bits per heavy atom. The minimum atomic E-state index is -3.62. The maximum absolute atomic E-state index is 12.3.